The van der Waals surface area contributed by atoms with Gasteiger partial charge in [0.15, 0.2) is 18.7 Å². The Morgan fingerprint density at radius 2 is 1.30 bits per heavy atom. The van der Waals surface area contributed by atoms with Crippen molar-refractivity contribution in [2.24, 2.45) is 0 Å². The van der Waals surface area contributed by atoms with Gasteiger partial charge in [0.05, 0.1) is 33.5 Å². The molecule has 0 aromatic heterocycles. The summed E-state index contributed by atoms with van der Waals surface area (Å²) < 4.78 is 64.5. The van der Waals surface area contributed by atoms with Crippen LogP contribution in [0.4, 0.5) is 0 Å². The monoisotopic (exact) mass is 886 g/mol. The molecule has 0 spiro atoms. The van der Waals surface area contributed by atoms with Crippen molar-refractivity contribution in [3.05, 3.63) is 139 Å². The molecular formula is C49H62O13Si. The van der Waals surface area contributed by atoms with E-state index in [-0.39, 0.29) is 19.8 Å². The summed E-state index contributed by atoms with van der Waals surface area (Å²) in [6.45, 7) is 11.2. The van der Waals surface area contributed by atoms with Gasteiger partial charge in [0.2, 0.25) is 0 Å². The standard InChI is InChI=1S/C49H62O13Si/c1-9-49(32-50)45(52)42(54-7)44(59-33(2)51)47(62-49)61-40-39(31-58-63(48(3,4)5,37-21-15-11-16-22-37)38-23-17-12-18-24-38)60-46(55-8)43(41(40)56-29-34-19-13-10-14-20-34)57-30-35-25-27-36(53-6)28-26-35/h9-28,39-47,50,52H,1,29-32H2,2-8H3/t39?,40-,41-,42-,43?,44?,45+,46+,47-,49?/m1/s1. The SMILES string of the molecule is C=CC1(CO)O[C@@H](O[C@@H]2C(CO[Si](c3ccccc3)(c3ccccc3)C(C)(C)C)O[C@H](OC)C(OCc3ccc(OC)cc3)[C@@H]2OCc2ccccc2)C(OC(C)=O)[C@@H](OC)[C@@H]1O. The van der Waals surface area contributed by atoms with E-state index in [1.165, 1.54) is 27.2 Å². The van der Waals surface area contributed by atoms with Crippen molar-refractivity contribution >= 4 is 24.7 Å². The second-order valence-electron chi connectivity index (χ2n) is 16.8. The highest BCUT2D eigenvalue weighted by Crippen LogP contribution is 2.41. The summed E-state index contributed by atoms with van der Waals surface area (Å²) in [5, 5.41) is 24.0. The fourth-order valence-electron chi connectivity index (χ4n) is 8.55. The average molecular weight is 887 g/mol. The van der Waals surface area contributed by atoms with Gasteiger partial charge in [0.25, 0.3) is 8.32 Å². The Morgan fingerprint density at radius 3 is 1.79 bits per heavy atom. The quantitative estimate of drug-likeness (QED) is 0.0734. The Hall–Kier alpha value is -4.29. The maximum Gasteiger partial charge on any atom is 0.303 e. The molecule has 4 aromatic rings. The number of hydrogen-bond acceptors (Lipinski definition) is 13. The molecule has 0 amide bonds. The first-order valence-corrected chi connectivity index (χ1v) is 23.0. The maximum atomic E-state index is 12.7. The van der Waals surface area contributed by atoms with Crippen molar-refractivity contribution in [1.82, 2.24) is 0 Å². The van der Waals surface area contributed by atoms with Crippen LogP contribution in [0, 0.1) is 0 Å². The lowest BCUT2D eigenvalue weighted by molar-refractivity contribution is -0.376. The smallest absolute Gasteiger partial charge is 0.303 e. The predicted molar refractivity (Wildman–Crippen MR) is 238 cm³/mol. The van der Waals surface area contributed by atoms with E-state index in [4.69, 9.17) is 47.1 Å². The summed E-state index contributed by atoms with van der Waals surface area (Å²) in [7, 11) is 1.32. The van der Waals surface area contributed by atoms with E-state index in [1.54, 1.807) is 7.11 Å². The molecule has 2 saturated heterocycles. The lowest BCUT2D eigenvalue weighted by Gasteiger charge is -2.52. The molecule has 0 saturated carbocycles. The van der Waals surface area contributed by atoms with Gasteiger partial charge in [-0.2, -0.15) is 0 Å². The van der Waals surface area contributed by atoms with Gasteiger partial charge in [-0.25, -0.2) is 0 Å². The van der Waals surface area contributed by atoms with Crippen LogP contribution in [0.15, 0.2) is 128 Å². The van der Waals surface area contributed by atoms with Crippen molar-refractivity contribution in [2.45, 2.75) is 107 Å². The summed E-state index contributed by atoms with van der Waals surface area (Å²) in [6, 6.07) is 37.6. The normalized spacial score (nSPS) is 27.7. The van der Waals surface area contributed by atoms with E-state index in [0.29, 0.717) is 5.75 Å². The highest BCUT2D eigenvalue weighted by Gasteiger charge is 2.59. The highest BCUT2D eigenvalue weighted by atomic mass is 28.4. The lowest BCUT2D eigenvalue weighted by atomic mass is 9.87. The number of benzene rings is 4. The van der Waals surface area contributed by atoms with E-state index in [1.807, 2.05) is 91.0 Å². The van der Waals surface area contributed by atoms with E-state index in [9.17, 15) is 15.0 Å². The number of carbonyl (C=O) groups is 1. The molecule has 4 unspecified atom stereocenters. The largest absolute Gasteiger partial charge is 0.497 e. The van der Waals surface area contributed by atoms with Crippen LogP contribution in [0.25, 0.3) is 0 Å². The predicted octanol–water partition coefficient (Wildman–Crippen LogP) is 5.08. The molecule has 2 heterocycles. The van der Waals surface area contributed by atoms with Crippen LogP contribution in [0.2, 0.25) is 5.04 Å². The van der Waals surface area contributed by atoms with Crippen LogP contribution in [-0.4, -0.2) is 120 Å². The third-order valence-corrected chi connectivity index (χ3v) is 16.8. The number of aliphatic hydroxyl groups excluding tert-OH is 2. The molecule has 63 heavy (non-hydrogen) atoms. The first-order chi connectivity index (χ1) is 30.3. The van der Waals surface area contributed by atoms with Gasteiger partial charge in [0.1, 0.15) is 48.0 Å². The summed E-state index contributed by atoms with van der Waals surface area (Å²) in [6.07, 6.45) is -9.15. The first kappa shape index (κ1) is 48.2. The molecule has 10 atom stereocenters. The minimum absolute atomic E-state index is 0.0257. The molecule has 14 heteroatoms. The summed E-state index contributed by atoms with van der Waals surface area (Å²) in [5.41, 5.74) is -0.0489. The lowest BCUT2D eigenvalue weighted by Crippen LogP contribution is -2.70. The zero-order chi connectivity index (χ0) is 45.2. The van der Waals surface area contributed by atoms with E-state index < -0.39 is 86.8 Å². The first-order valence-electron chi connectivity index (χ1n) is 21.1. The second kappa shape index (κ2) is 21.6. The summed E-state index contributed by atoms with van der Waals surface area (Å²) >= 11 is 0. The van der Waals surface area contributed by atoms with Gasteiger partial charge in [-0.1, -0.05) is 130 Å². The number of methoxy groups -OCH3 is 3. The minimum atomic E-state index is -3.18. The Balaban J connectivity index is 1.48. The maximum absolute atomic E-state index is 12.7. The number of hydrogen-bond donors (Lipinski definition) is 2. The Bertz CT molecular complexity index is 1980. The van der Waals surface area contributed by atoms with Crippen LogP contribution in [-0.2, 0) is 60.3 Å². The number of carbonyl (C=O) groups excluding carboxylic acids is 1. The van der Waals surface area contributed by atoms with Crippen molar-refractivity contribution in [3.8, 4) is 5.75 Å². The topological polar surface area (TPSA) is 150 Å². The van der Waals surface area contributed by atoms with Crippen molar-refractivity contribution in [2.75, 3.05) is 34.5 Å². The Kier molecular flexibility index (Phi) is 16.5. The van der Waals surface area contributed by atoms with Crippen LogP contribution < -0.4 is 15.1 Å². The molecule has 2 N–H and O–H groups in total. The van der Waals surface area contributed by atoms with Crippen molar-refractivity contribution < 1.29 is 62.1 Å². The number of esters is 1. The summed E-state index contributed by atoms with van der Waals surface area (Å²) in [4.78, 5) is 12.7. The Labute approximate surface area is 371 Å². The minimum Gasteiger partial charge on any atom is -0.497 e. The molecule has 2 fully saturated rings. The molecule has 0 aliphatic carbocycles. The number of ether oxygens (including phenoxy) is 9. The fraction of sp³-hybridized carbons (Fsp3) is 0.449. The number of aliphatic hydroxyl groups is 2. The third-order valence-electron chi connectivity index (χ3n) is 11.8. The van der Waals surface area contributed by atoms with E-state index in [0.717, 1.165) is 21.5 Å². The molecule has 0 bridgehead atoms. The van der Waals surface area contributed by atoms with Crippen LogP contribution >= 0.6 is 0 Å². The van der Waals surface area contributed by atoms with E-state index >= 15 is 0 Å². The zero-order valence-electron chi connectivity index (χ0n) is 37.2. The molecule has 2 aliphatic rings. The fourth-order valence-corrected chi connectivity index (χ4v) is 13.1. The Morgan fingerprint density at radius 1 is 0.746 bits per heavy atom. The van der Waals surface area contributed by atoms with Gasteiger partial charge in [-0.05, 0) is 38.7 Å². The van der Waals surface area contributed by atoms with Gasteiger partial charge >= 0.3 is 5.97 Å². The van der Waals surface area contributed by atoms with Gasteiger partial charge in [-0.15, -0.1) is 6.58 Å². The molecule has 6 rings (SSSR count). The molecule has 4 aromatic carbocycles. The van der Waals surface area contributed by atoms with Crippen molar-refractivity contribution in [3.63, 3.8) is 0 Å². The van der Waals surface area contributed by atoms with Crippen LogP contribution in [0.5, 0.6) is 5.75 Å². The van der Waals surface area contributed by atoms with Crippen LogP contribution in [0.1, 0.15) is 38.8 Å². The zero-order valence-corrected chi connectivity index (χ0v) is 38.2. The molecule has 340 valence electrons. The summed E-state index contributed by atoms with van der Waals surface area (Å²) in [5.74, 6) is 0.0218. The molecule has 13 nitrogen and oxygen atoms in total. The average Bonchev–Trinajstić information content (AvgIpc) is 3.30. The van der Waals surface area contributed by atoms with Gasteiger partial charge in [-0.3, -0.25) is 4.79 Å². The molecule has 2 aliphatic heterocycles. The highest BCUT2D eigenvalue weighted by molar-refractivity contribution is 6.99. The number of rotatable bonds is 19. The molecular weight excluding hydrogens is 825 g/mol. The third kappa shape index (κ3) is 10.6. The molecule has 0 radical (unpaired) electrons. The van der Waals surface area contributed by atoms with Gasteiger partial charge < -0.3 is 57.3 Å². The van der Waals surface area contributed by atoms with Crippen LogP contribution in [0.3, 0.4) is 0 Å². The van der Waals surface area contributed by atoms with E-state index in [2.05, 4.69) is 51.6 Å². The van der Waals surface area contributed by atoms with Crippen molar-refractivity contribution in [1.29, 1.82) is 0 Å². The van der Waals surface area contributed by atoms with Gasteiger partial charge in [0, 0.05) is 21.1 Å². The second-order valence-corrected chi connectivity index (χ2v) is 21.1.